The molecule has 1 aromatic carbocycles. The Hall–Kier alpha value is -1.84. The first-order valence-electron chi connectivity index (χ1n) is 7.72. The molecule has 0 bridgehead atoms. The topological polar surface area (TPSA) is 74.6 Å². The second-order valence-corrected chi connectivity index (χ2v) is 6.44. The molecule has 4 heteroatoms. The van der Waals surface area contributed by atoms with Crippen LogP contribution in [-0.2, 0) is 9.59 Å². The van der Waals surface area contributed by atoms with Gasteiger partial charge in [-0.1, -0.05) is 32.9 Å². The van der Waals surface area contributed by atoms with E-state index >= 15 is 0 Å². The number of Topliss-reactive ketones (excluding diaryl/α,β-unsaturated/α-hetero) is 1. The summed E-state index contributed by atoms with van der Waals surface area (Å²) in [4.78, 5) is 23.2. The number of benzene rings is 1. The van der Waals surface area contributed by atoms with E-state index in [1.807, 2.05) is 26.0 Å². The molecule has 122 valence electrons. The van der Waals surface area contributed by atoms with Crippen LogP contribution in [0.2, 0.25) is 0 Å². The first-order valence-corrected chi connectivity index (χ1v) is 7.72. The van der Waals surface area contributed by atoms with Gasteiger partial charge in [-0.25, -0.2) is 0 Å². The minimum Gasteiger partial charge on any atom is -0.508 e. The van der Waals surface area contributed by atoms with Gasteiger partial charge in [0.05, 0.1) is 5.92 Å². The Morgan fingerprint density at radius 2 is 1.77 bits per heavy atom. The lowest BCUT2D eigenvalue weighted by Gasteiger charge is -2.31. The average Bonchev–Trinajstić information content (AvgIpc) is 2.46. The number of phenolic OH excluding ortho intramolecular Hbond substituents is 1. The zero-order valence-corrected chi connectivity index (χ0v) is 13.8. The lowest BCUT2D eigenvalue weighted by atomic mass is 9.72. The molecule has 0 aliphatic carbocycles. The Kier molecular flexibility index (Phi) is 6.15. The fraction of sp³-hybridized carbons (Fsp3) is 0.556. The van der Waals surface area contributed by atoms with Gasteiger partial charge in [-0.15, -0.1) is 0 Å². The van der Waals surface area contributed by atoms with Crippen LogP contribution < -0.4 is 0 Å². The molecule has 1 aromatic rings. The molecule has 0 spiro atoms. The number of carbonyl (C=O) groups excluding carboxylic acids is 1. The number of carbonyl (C=O) groups is 2. The molecule has 0 heterocycles. The van der Waals surface area contributed by atoms with Crippen molar-refractivity contribution in [2.75, 3.05) is 0 Å². The van der Waals surface area contributed by atoms with E-state index in [1.165, 1.54) is 0 Å². The van der Waals surface area contributed by atoms with E-state index in [9.17, 15) is 19.8 Å². The van der Waals surface area contributed by atoms with Gasteiger partial charge in [-0.05, 0) is 49.8 Å². The van der Waals surface area contributed by atoms with Crippen LogP contribution in [0, 0.1) is 11.3 Å². The van der Waals surface area contributed by atoms with Gasteiger partial charge in [0.2, 0.25) is 0 Å². The fourth-order valence-corrected chi connectivity index (χ4v) is 2.69. The van der Waals surface area contributed by atoms with Gasteiger partial charge in [0.25, 0.3) is 0 Å². The Morgan fingerprint density at radius 3 is 2.18 bits per heavy atom. The van der Waals surface area contributed by atoms with Gasteiger partial charge >= 0.3 is 5.97 Å². The van der Waals surface area contributed by atoms with Crippen molar-refractivity contribution in [3.63, 3.8) is 0 Å². The Bertz CT molecular complexity index is 520. The van der Waals surface area contributed by atoms with Crippen LogP contribution >= 0.6 is 0 Å². The number of carboxylic acids is 1. The zero-order valence-electron chi connectivity index (χ0n) is 13.8. The van der Waals surface area contributed by atoms with Gasteiger partial charge in [-0.3, -0.25) is 9.59 Å². The molecule has 0 aliphatic heterocycles. The van der Waals surface area contributed by atoms with Crippen LogP contribution in [0.25, 0.3) is 0 Å². The molecular weight excluding hydrogens is 280 g/mol. The van der Waals surface area contributed by atoms with Crippen LogP contribution in [0.1, 0.15) is 58.4 Å². The van der Waals surface area contributed by atoms with Crippen molar-refractivity contribution >= 4 is 11.8 Å². The van der Waals surface area contributed by atoms with Crippen molar-refractivity contribution in [3.05, 3.63) is 29.8 Å². The third kappa shape index (κ3) is 4.58. The Balaban J connectivity index is 3.08. The van der Waals surface area contributed by atoms with Crippen LogP contribution in [0.15, 0.2) is 24.3 Å². The highest BCUT2D eigenvalue weighted by atomic mass is 16.4. The summed E-state index contributed by atoms with van der Waals surface area (Å²) in [5, 5.41) is 18.6. The van der Waals surface area contributed by atoms with Gasteiger partial charge in [0.1, 0.15) is 11.5 Å². The molecule has 0 saturated heterocycles. The zero-order chi connectivity index (χ0) is 16.9. The van der Waals surface area contributed by atoms with E-state index in [-0.39, 0.29) is 17.5 Å². The van der Waals surface area contributed by atoms with E-state index in [2.05, 4.69) is 0 Å². The van der Waals surface area contributed by atoms with Crippen molar-refractivity contribution in [1.29, 1.82) is 0 Å². The Morgan fingerprint density at radius 1 is 1.23 bits per heavy atom. The smallest absolute Gasteiger partial charge is 0.306 e. The van der Waals surface area contributed by atoms with E-state index < -0.39 is 17.3 Å². The maximum Gasteiger partial charge on any atom is 0.306 e. The highest BCUT2D eigenvalue weighted by Gasteiger charge is 2.33. The lowest BCUT2D eigenvalue weighted by molar-refractivity contribution is -0.141. The number of phenols is 1. The number of carboxylic acid groups (broad SMARTS) is 1. The lowest BCUT2D eigenvalue weighted by Crippen LogP contribution is -2.28. The van der Waals surface area contributed by atoms with E-state index in [4.69, 9.17) is 0 Å². The monoisotopic (exact) mass is 306 g/mol. The molecule has 2 N–H and O–H groups in total. The molecular formula is C18H26O4. The summed E-state index contributed by atoms with van der Waals surface area (Å²) in [6.45, 7) is 7.20. The molecule has 0 amide bonds. The summed E-state index contributed by atoms with van der Waals surface area (Å²) >= 11 is 0. The molecule has 0 aliphatic rings. The number of hydrogen-bond donors (Lipinski definition) is 2. The van der Waals surface area contributed by atoms with Crippen molar-refractivity contribution in [2.45, 2.75) is 52.9 Å². The summed E-state index contributed by atoms with van der Waals surface area (Å²) in [5.74, 6) is -1.03. The maximum absolute atomic E-state index is 12.0. The molecule has 0 saturated carbocycles. The predicted molar refractivity (Wildman–Crippen MR) is 86.0 cm³/mol. The van der Waals surface area contributed by atoms with Gasteiger partial charge < -0.3 is 10.2 Å². The van der Waals surface area contributed by atoms with Crippen LogP contribution in [0.5, 0.6) is 5.75 Å². The van der Waals surface area contributed by atoms with Crippen molar-refractivity contribution in [2.24, 2.45) is 11.3 Å². The Labute approximate surface area is 132 Å². The number of rotatable bonds is 8. The summed E-state index contributed by atoms with van der Waals surface area (Å²) in [6.07, 6.45) is 1.81. The minimum absolute atomic E-state index is 0.0273. The van der Waals surface area contributed by atoms with Gasteiger partial charge in [-0.2, -0.15) is 0 Å². The minimum atomic E-state index is -0.829. The second-order valence-electron chi connectivity index (χ2n) is 6.44. The van der Waals surface area contributed by atoms with Crippen LogP contribution in [0.3, 0.4) is 0 Å². The van der Waals surface area contributed by atoms with Gasteiger partial charge in [0, 0.05) is 5.41 Å². The molecule has 22 heavy (non-hydrogen) atoms. The van der Waals surface area contributed by atoms with E-state index in [0.29, 0.717) is 12.8 Å². The molecule has 0 aromatic heterocycles. The predicted octanol–water partition coefficient (Wildman–Crippen LogP) is 3.98. The molecule has 0 radical (unpaired) electrons. The average molecular weight is 306 g/mol. The highest BCUT2D eigenvalue weighted by molar-refractivity contribution is 5.82. The summed E-state index contributed by atoms with van der Waals surface area (Å²) in [5.41, 5.74) is 0.507. The number of ketones is 1. The maximum atomic E-state index is 12.0. The number of aromatic hydroxyl groups is 1. The highest BCUT2D eigenvalue weighted by Crippen LogP contribution is 2.39. The SMILES string of the molecule is CCC(C)(CC(CC(C)C(=O)O)c1ccc(O)cc1)C(C)=O. The fourth-order valence-electron chi connectivity index (χ4n) is 2.69. The third-order valence-electron chi connectivity index (χ3n) is 4.75. The molecule has 3 atom stereocenters. The molecule has 1 rings (SSSR count). The first-order chi connectivity index (χ1) is 10.2. The first kappa shape index (κ1) is 18.2. The number of aliphatic carboxylic acids is 1. The van der Waals surface area contributed by atoms with Crippen molar-refractivity contribution < 1.29 is 19.8 Å². The molecule has 4 nitrogen and oxygen atoms in total. The van der Waals surface area contributed by atoms with E-state index in [0.717, 1.165) is 12.0 Å². The summed E-state index contributed by atoms with van der Waals surface area (Å²) < 4.78 is 0. The van der Waals surface area contributed by atoms with Crippen LogP contribution in [0.4, 0.5) is 0 Å². The quantitative estimate of drug-likeness (QED) is 0.761. The van der Waals surface area contributed by atoms with Crippen molar-refractivity contribution in [1.82, 2.24) is 0 Å². The van der Waals surface area contributed by atoms with Gasteiger partial charge in [0.15, 0.2) is 0 Å². The standard InChI is InChI=1S/C18H26O4/c1-5-18(4,13(3)19)11-15(10-12(2)17(21)22)14-6-8-16(20)9-7-14/h6-9,12,15,20H,5,10-11H2,1-4H3,(H,21,22). The molecule has 0 fully saturated rings. The van der Waals surface area contributed by atoms with Crippen LogP contribution in [-0.4, -0.2) is 22.0 Å². The summed E-state index contributed by atoms with van der Waals surface area (Å²) in [6, 6.07) is 6.82. The third-order valence-corrected chi connectivity index (χ3v) is 4.75. The molecule has 3 unspecified atom stereocenters. The summed E-state index contributed by atoms with van der Waals surface area (Å²) in [7, 11) is 0. The van der Waals surface area contributed by atoms with E-state index in [1.54, 1.807) is 26.0 Å². The normalized spacial score (nSPS) is 16.5. The number of hydrogen-bond acceptors (Lipinski definition) is 3. The van der Waals surface area contributed by atoms with Crippen molar-refractivity contribution in [3.8, 4) is 5.75 Å². The second kappa shape index (κ2) is 7.43. The largest absolute Gasteiger partial charge is 0.508 e.